The van der Waals surface area contributed by atoms with Crippen LogP contribution in [0.4, 0.5) is 0 Å². The first-order valence-corrected chi connectivity index (χ1v) is 21.7. The van der Waals surface area contributed by atoms with E-state index in [1.54, 1.807) is 0 Å². The van der Waals surface area contributed by atoms with E-state index in [1.165, 1.54) is 109 Å². The number of hydrogen-bond donors (Lipinski definition) is 3. The molecule has 0 bridgehead atoms. The number of phosphoric acid groups is 1. The summed E-state index contributed by atoms with van der Waals surface area (Å²) in [6.07, 6.45) is 35.6. The first-order valence-electron chi connectivity index (χ1n) is 20.2. The number of aliphatic hydroxyl groups excluding tert-OH is 1. The lowest BCUT2D eigenvalue weighted by molar-refractivity contribution is -0.147. The quantitative estimate of drug-likeness (QED) is 0.0249. The fraction of sp³-hybridized carbons (Fsp3) is 0.897. The topological polar surface area (TPSA) is 131 Å². The van der Waals surface area contributed by atoms with Gasteiger partial charge >= 0.3 is 13.8 Å². The van der Waals surface area contributed by atoms with Crippen molar-refractivity contribution in [3.05, 3.63) is 12.2 Å². The Morgan fingerprint density at radius 3 is 1.55 bits per heavy atom. The third-order valence-electron chi connectivity index (χ3n) is 8.70. The smallest absolute Gasteiger partial charge is 0.463 e. The normalized spacial score (nSPS) is 13.5. The van der Waals surface area contributed by atoms with Crippen LogP contribution >= 0.6 is 7.82 Å². The summed E-state index contributed by atoms with van der Waals surface area (Å²) in [6.45, 7) is 3.54. The lowest BCUT2D eigenvalue weighted by Gasteiger charge is -2.15. The Hall–Kier alpha value is -1.25. The van der Waals surface area contributed by atoms with Crippen molar-refractivity contribution in [2.24, 2.45) is 0 Å². The Morgan fingerprint density at radius 1 is 0.612 bits per heavy atom. The van der Waals surface area contributed by atoms with Crippen molar-refractivity contribution in [2.75, 3.05) is 26.4 Å². The van der Waals surface area contributed by atoms with Crippen molar-refractivity contribution in [3.8, 4) is 0 Å². The second-order valence-electron chi connectivity index (χ2n) is 13.6. The van der Waals surface area contributed by atoms with Gasteiger partial charge in [0.05, 0.1) is 13.2 Å². The summed E-state index contributed by atoms with van der Waals surface area (Å²) in [5.41, 5.74) is 0. The molecular formula is C39H76NO8P. The summed E-state index contributed by atoms with van der Waals surface area (Å²) in [5, 5.41) is 12.7. The minimum atomic E-state index is -4.41. The molecule has 0 rings (SSSR count). The Kier molecular flexibility index (Phi) is 35.6. The van der Waals surface area contributed by atoms with E-state index in [-0.39, 0.29) is 32.1 Å². The standard InChI is InChI=1S/C39H76NO8P/c1-3-5-7-9-11-13-15-17-18-20-21-23-25-27-29-31-38(42)40-33-34-47-49(44,45)48-36-37(41)35-46-39(43)32-30-28-26-24-22-19-16-14-12-10-8-6-4-2/h14,16,37,41H,3-13,15,17-36H2,1-2H3,(H,40,42)(H,44,45)/b16-14-. The molecule has 0 aliphatic carbocycles. The highest BCUT2D eigenvalue weighted by atomic mass is 31.2. The molecule has 2 atom stereocenters. The zero-order valence-corrected chi connectivity index (χ0v) is 32.5. The first-order chi connectivity index (χ1) is 23.8. The van der Waals surface area contributed by atoms with Crippen molar-refractivity contribution >= 4 is 19.7 Å². The molecule has 0 saturated heterocycles. The SMILES string of the molecule is CCCCCC/C=C\CCCCCCCC(=O)OCC(O)COP(=O)(O)OCCNC(=O)CCCCCCCCCCCCCCCCC. The van der Waals surface area contributed by atoms with E-state index in [2.05, 4.69) is 31.3 Å². The molecule has 0 aromatic carbocycles. The average Bonchev–Trinajstić information content (AvgIpc) is 3.08. The molecule has 0 spiro atoms. The molecule has 3 N–H and O–H groups in total. The summed E-state index contributed by atoms with van der Waals surface area (Å²) in [5.74, 6) is -0.519. The molecule has 290 valence electrons. The molecule has 2 unspecified atom stereocenters. The largest absolute Gasteiger partial charge is 0.472 e. The average molecular weight is 718 g/mol. The lowest BCUT2D eigenvalue weighted by Crippen LogP contribution is -2.27. The van der Waals surface area contributed by atoms with Crippen LogP contribution in [0.3, 0.4) is 0 Å². The van der Waals surface area contributed by atoms with Gasteiger partial charge < -0.3 is 20.1 Å². The van der Waals surface area contributed by atoms with E-state index >= 15 is 0 Å². The highest BCUT2D eigenvalue weighted by Gasteiger charge is 2.23. The van der Waals surface area contributed by atoms with E-state index < -0.39 is 26.5 Å². The molecule has 0 aromatic rings. The van der Waals surface area contributed by atoms with Crippen LogP contribution < -0.4 is 5.32 Å². The number of esters is 1. The summed E-state index contributed by atoms with van der Waals surface area (Å²) >= 11 is 0. The van der Waals surface area contributed by atoms with Crippen LogP contribution in [0.1, 0.15) is 194 Å². The maximum absolute atomic E-state index is 12.1. The van der Waals surface area contributed by atoms with E-state index in [0.717, 1.165) is 57.8 Å². The van der Waals surface area contributed by atoms with Crippen LogP contribution in [0.25, 0.3) is 0 Å². The van der Waals surface area contributed by atoms with Gasteiger partial charge in [-0.15, -0.1) is 0 Å². The zero-order chi connectivity index (χ0) is 36.1. The second-order valence-corrected chi connectivity index (χ2v) is 15.1. The van der Waals surface area contributed by atoms with Crippen LogP contribution in [0, 0.1) is 0 Å². The minimum absolute atomic E-state index is 0.0852. The van der Waals surface area contributed by atoms with Gasteiger partial charge in [0, 0.05) is 19.4 Å². The number of ether oxygens (including phenoxy) is 1. The molecule has 0 aromatic heterocycles. The number of allylic oxidation sites excluding steroid dienone is 2. The number of rotatable bonds is 38. The fourth-order valence-electron chi connectivity index (χ4n) is 5.61. The molecule has 1 amide bonds. The molecular weight excluding hydrogens is 641 g/mol. The highest BCUT2D eigenvalue weighted by molar-refractivity contribution is 7.47. The van der Waals surface area contributed by atoms with Gasteiger partial charge in [0.15, 0.2) is 0 Å². The first kappa shape index (κ1) is 47.8. The van der Waals surface area contributed by atoms with Crippen molar-refractivity contribution in [1.82, 2.24) is 5.32 Å². The van der Waals surface area contributed by atoms with Crippen molar-refractivity contribution < 1.29 is 37.9 Å². The summed E-state index contributed by atoms with van der Waals surface area (Å²) in [6, 6.07) is 0. The van der Waals surface area contributed by atoms with E-state index in [0.29, 0.717) is 6.42 Å². The number of aliphatic hydroxyl groups is 1. The minimum Gasteiger partial charge on any atom is -0.463 e. The van der Waals surface area contributed by atoms with Crippen molar-refractivity contribution in [2.45, 2.75) is 200 Å². The van der Waals surface area contributed by atoms with Crippen molar-refractivity contribution in [3.63, 3.8) is 0 Å². The van der Waals surface area contributed by atoms with Crippen molar-refractivity contribution in [1.29, 1.82) is 0 Å². The number of amides is 1. The molecule has 9 nitrogen and oxygen atoms in total. The molecule has 0 fully saturated rings. The van der Waals surface area contributed by atoms with Gasteiger partial charge in [-0.25, -0.2) is 4.57 Å². The van der Waals surface area contributed by atoms with Crippen LogP contribution in [0.5, 0.6) is 0 Å². The van der Waals surface area contributed by atoms with Crippen LogP contribution in [-0.4, -0.2) is 54.3 Å². The van der Waals surface area contributed by atoms with Gasteiger partial charge in [-0.3, -0.25) is 18.6 Å². The van der Waals surface area contributed by atoms with Gasteiger partial charge in [-0.2, -0.15) is 0 Å². The number of hydrogen-bond acceptors (Lipinski definition) is 7. The third kappa shape index (κ3) is 37.8. The monoisotopic (exact) mass is 718 g/mol. The van der Waals surface area contributed by atoms with E-state index in [9.17, 15) is 24.2 Å². The molecule has 10 heteroatoms. The Bertz CT molecular complexity index is 825. The number of phosphoric ester groups is 1. The van der Waals surface area contributed by atoms with Gasteiger partial charge in [0.2, 0.25) is 5.91 Å². The zero-order valence-electron chi connectivity index (χ0n) is 31.7. The van der Waals surface area contributed by atoms with E-state index in [1.807, 2.05) is 0 Å². The van der Waals surface area contributed by atoms with Gasteiger partial charge in [0.1, 0.15) is 12.7 Å². The summed E-state index contributed by atoms with van der Waals surface area (Å²) < 4.78 is 26.8. The molecule has 0 radical (unpaired) electrons. The predicted octanol–water partition coefficient (Wildman–Crippen LogP) is 10.7. The van der Waals surface area contributed by atoms with Gasteiger partial charge in [-0.05, 0) is 38.5 Å². The molecule has 0 saturated carbocycles. The Balaban J connectivity index is 3.60. The summed E-state index contributed by atoms with van der Waals surface area (Å²) in [7, 11) is -4.41. The Morgan fingerprint density at radius 2 is 1.04 bits per heavy atom. The number of unbranched alkanes of at least 4 members (excludes halogenated alkanes) is 23. The molecule has 0 aliphatic rings. The maximum atomic E-state index is 12.1. The predicted molar refractivity (Wildman–Crippen MR) is 201 cm³/mol. The number of carbonyl (C=O) groups is 2. The fourth-order valence-corrected chi connectivity index (χ4v) is 6.37. The van der Waals surface area contributed by atoms with Crippen LogP contribution in [0.2, 0.25) is 0 Å². The third-order valence-corrected chi connectivity index (χ3v) is 9.68. The molecule has 0 heterocycles. The lowest BCUT2D eigenvalue weighted by atomic mass is 10.0. The maximum Gasteiger partial charge on any atom is 0.472 e. The number of carbonyl (C=O) groups excluding carboxylic acids is 2. The molecule has 0 aliphatic heterocycles. The van der Waals surface area contributed by atoms with Crippen LogP contribution in [0.15, 0.2) is 12.2 Å². The highest BCUT2D eigenvalue weighted by Crippen LogP contribution is 2.42. The van der Waals surface area contributed by atoms with Crippen LogP contribution in [-0.2, 0) is 27.9 Å². The number of nitrogens with one attached hydrogen (secondary N) is 1. The second kappa shape index (κ2) is 36.5. The van der Waals surface area contributed by atoms with E-state index in [4.69, 9.17) is 13.8 Å². The summed E-state index contributed by atoms with van der Waals surface area (Å²) in [4.78, 5) is 33.8. The van der Waals surface area contributed by atoms with Gasteiger partial charge in [0.25, 0.3) is 0 Å². The Labute approximate surface area is 300 Å². The molecule has 49 heavy (non-hydrogen) atoms. The van der Waals surface area contributed by atoms with Gasteiger partial charge in [-0.1, -0.05) is 154 Å².